The summed E-state index contributed by atoms with van der Waals surface area (Å²) in [5.74, 6) is -7.52. The Labute approximate surface area is 122 Å². The standard InChI is InChI=1S/C6H8O7.C4H7NO4/c7-3(8)1-6(13,5(11)12)2-4(9)10;5-2(4(8)9)1-3(6)7/h13H,1-2H2,(H,7,8)(H,9,10)(H,11,12);2H,1,5H2,(H,6,7)(H,8,9)/t;2-/m.0/s1. The smallest absolute Gasteiger partial charge is 0.336 e. The van der Waals surface area contributed by atoms with Crippen LogP contribution in [0.4, 0.5) is 0 Å². The fourth-order valence-electron chi connectivity index (χ4n) is 0.990. The molecular weight excluding hydrogens is 310 g/mol. The van der Waals surface area contributed by atoms with Gasteiger partial charge in [-0.3, -0.25) is 19.2 Å². The molecule has 0 bridgehead atoms. The van der Waals surface area contributed by atoms with Crippen LogP contribution in [0.3, 0.4) is 0 Å². The first-order chi connectivity index (χ1) is 9.81. The maximum Gasteiger partial charge on any atom is 0.336 e. The third kappa shape index (κ3) is 10.1. The van der Waals surface area contributed by atoms with Crippen LogP contribution >= 0.6 is 0 Å². The Balaban J connectivity index is 0. The zero-order valence-corrected chi connectivity index (χ0v) is 11.0. The third-order valence-corrected chi connectivity index (χ3v) is 2.00. The predicted octanol–water partition coefficient (Wildman–Crippen LogP) is -2.38. The van der Waals surface area contributed by atoms with Crippen molar-refractivity contribution in [3.8, 4) is 0 Å². The first kappa shape index (κ1) is 21.6. The molecule has 0 radical (unpaired) electrons. The van der Waals surface area contributed by atoms with Gasteiger partial charge in [-0.25, -0.2) is 4.79 Å². The predicted molar refractivity (Wildman–Crippen MR) is 65.0 cm³/mol. The Bertz CT molecular complexity index is 442. The van der Waals surface area contributed by atoms with E-state index in [2.05, 4.69) is 0 Å². The molecule has 0 saturated heterocycles. The lowest BCUT2D eigenvalue weighted by atomic mass is 9.96. The van der Waals surface area contributed by atoms with Crippen LogP contribution in [-0.2, 0) is 24.0 Å². The Kier molecular flexibility index (Phi) is 9.07. The van der Waals surface area contributed by atoms with Gasteiger partial charge in [0.1, 0.15) is 6.04 Å². The molecule has 8 N–H and O–H groups in total. The van der Waals surface area contributed by atoms with Gasteiger partial charge in [0, 0.05) is 0 Å². The molecule has 0 aliphatic rings. The van der Waals surface area contributed by atoms with Crippen molar-refractivity contribution in [2.24, 2.45) is 5.73 Å². The molecule has 0 spiro atoms. The SMILES string of the molecule is N[C@@H](CC(=O)O)C(=O)O.O=C(O)CC(O)(CC(=O)O)C(=O)O. The van der Waals surface area contributed by atoms with E-state index in [4.69, 9.17) is 36.4 Å². The van der Waals surface area contributed by atoms with E-state index in [0.717, 1.165) is 0 Å². The van der Waals surface area contributed by atoms with Crippen molar-refractivity contribution in [2.45, 2.75) is 30.9 Å². The van der Waals surface area contributed by atoms with Gasteiger partial charge in [0.25, 0.3) is 0 Å². The highest BCUT2D eigenvalue weighted by Crippen LogP contribution is 2.15. The number of aliphatic hydroxyl groups is 1. The molecule has 0 aliphatic carbocycles. The van der Waals surface area contributed by atoms with E-state index in [-0.39, 0.29) is 0 Å². The highest BCUT2D eigenvalue weighted by Gasteiger charge is 2.40. The summed E-state index contributed by atoms with van der Waals surface area (Å²) in [6, 6.07) is -1.29. The van der Waals surface area contributed by atoms with Crippen LogP contribution in [0.25, 0.3) is 0 Å². The van der Waals surface area contributed by atoms with E-state index in [0.29, 0.717) is 0 Å². The topological polar surface area (TPSA) is 233 Å². The van der Waals surface area contributed by atoms with Crippen molar-refractivity contribution in [3.05, 3.63) is 0 Å². The van der Waals surface area contributed by atoms with E-state index in [1.807, 2.05) is 0 Å². The number of aliphatic carboxylic acids is 5. The second kappa shape index (κ2) is 9.25. The normalized spacial score (nSPS) is 11.5. The molecule has 0 unspecified atom stereocenters. The molecule has 0 heterocycles. The maximum atomic E-state index is 10.3. The minimum absolute atomic E-state index is 0.532. The molecule has 0 amide bonds. The molecule has 1 atom stereocenters. The molecule has 0 aliphatic heterocycles. The lowest BCUT2D eigenvalue weighted by molar-refractivity contribution is -0.170. The molecule has 126 valence electrons. The summed E-state index contributed by atoms with van der Waals surface area (Å²) in [6.45, 7) is 0. The minimum atomic E-state index is -2.74. The molecule has 0 aromatic rings. The van der Waals surface area contributed by atoms with Crippen LogP contribution < -0.4 is 5.73 Å². The van der Waals surface area contributed by atoms with E-state index < -0.39 is 60.8 Å². The molecule has 0 rings (SSSR count). The van der Waals surface area contributed by atoms with E-state index in [9.17, 15) is 24.0 Å². The monoisotopic (exact) mass is 325 g/mol. The second-order valence-electron chi connectivity index (χ2n) is 4.02. The summed E-state index contributed by atoms with van der Waals surface area (Å²) in [7, 11) is 0. The first-order valence-corrected chi connectivity index (χ1v) is 5.41. The van der Waals surface area contributed by atoms with E-state index in [1.54, 1.807) is 0 Å². The van der Waals surface area contributed by atoms with Crippen LogP contribution in [0.2, 0.25) is 0 Å². The average Bonchev–Trinajstić information content (AvgIpc) is 2.25. The van der Waals surface area contributed by atoms with Gasteiger partial charge in [0.2, 0.25) is 0 Å². The molecule has 0 aromatic carbocycles. The molecule has 0 aromatic heterocycles. The van der Waals surface area contributed by atoms with Gasteiger partial charge in [-0.05, 0) is 0 Å². The van der Waals surface area contributed by atoms with Crippen molar-refractivity contribution in [1.29, 1.82) is 0 Å². The lowest BCUT2D eigenvalue weighted by Gasteiger charge is -2.18. The van der Waals surface area contributed by atoms with Crippen LogP contribution in [-0.4, -0.2) is 72.1 Å². The van der Waals surface area contributed by atoms with Crippen LogP contribution in [0, 0.1) is 0 Å². The average molecular weight is 325 g/mol. The number of hydrogen-bond acceptors (Lipinski definition) is 7. The van der Waals surface area contributed by atoms with Crippen molar-refractivity contribution in [3.63, 3.8) is 0 Å². The molecule has 12 nitrogen and oxygen atoms in total. The summed E-state index contributed by atoms with van der Waals surface area (Å²) in [5.41, 5.74) is 2.10. The minimum Gasteiger partial charge on any atom is -0.481 e. The summed E-state index contributed by atoms with van der Waals surface area (Å²) in [5, 5.41) is 49.8. The Morgan fingerprint density at radius 3 is 1.32 bits per heavy atom. The van der Waals surface area contributed by atoms with Gasteiger partial charge in [-0.1, -0.05) is 0 Å². The largest absolute Gasteiger partial charge is 0.481 e. The molecular formula is C10H15NO11. The zero-order valence-electron chi connectivity index (χ0n) is 11.0. The molecule has 0 fully saturated rings. The number of rotatable bonds is 8. The van der Waals surface area contributed by atoms with Gasteiger partial charge < -0.3 is 36.4 Å². The highest BCUT2D eigenvalue weighted by molar-refractivity contribution is 5.88. The summed E-state index contributed by atoms with van der Waals surface area (Å²) in [4.78, 5) is 50.1. The highest BCUT2D eigenvalue weighted by atomic mass is 16.4. The number of hydrogen-bond donors (Lipinski definition) is 7. The van der Waals surface area contributed by atoms with E-state index >= 15 is 0 Å². The number of carboxylic acid groups (broad SMARTS) is 5. The van der Waals surface area contributed by atoms with Gasteiger partial charge in [0.05, 0.1) is 19.3 Å². The fourth-order valence-corrected chi connectivity index (χ4v) is 0.990. The van der Waals surface area contributed by atoms with Crippen molar-refractivity contribution in [2.75, 3.05) is 0 Å². The van der Waals surface area contributed by atoms with Gasteiger partial charge in [0.15, 0.2) is 5.60 Å². The van der Waals surface area contributed by atoms with Crippen molar-refractivity contribution in [1.82, 2.24) is 0 Å². The zero-order chi connectivity index (χ0) is 18.1. The summed E-state index contributed by atoms with van der Waals surface area (Å²) >= 11 is 0. The third-order valence-electron chi connectivity index (χ3n) is 2.00. The Hall–Kier alpha value is -2.73. The molecule has 12 heteroatoms. The lowest BCUT2D eigenvalue weighted by Crippen LogP contribution is -2.42. The number of carboxylic acids is 5. The Morgan fingerprint density at radius 2 is 1.18 bits per heavy atom. The quantitative estimate of drug-likeness (QED) is 0.248. The second-order valence-corrected chi connectivity index (χ2v) is 4.02. The first-order valence-electron chi connectivity index (χ1n) is 5.41. The summed E-state index contributed by atoms with van der Waals surface area (Å²) < 4.78 is 0. The Morgan fingerprint density at radius 1 is 0.818 bits per heavy atom. The molecule has 22 heavy (non-hydrogen) atoms. The van der Waals surface area contributed by atoms with Gasteiger partial charge >= 0.3 is 29.8 Å². The van der Waals surface area contributed by atoms with Crippen molar-refractivity contribution >= 4 is 29.8 Å². The van der Waals surface area contributed by atoms with Crippen LogP contribution in [0.1, 0.15) is 19.3 Å². The van der Waals surface area contributed by atoms with Gasteiger partial charge in [-0.15, -0.1) is 0 Å². The number of carbonyl (C=O) groups is 5. The van der Waals surface area contributed by atoms with Crippen molar-refractivity contribution < 1.29 is 54.6 Å². The van der Waals surface area contributed by atoms with Gasteiger partial charge in [-0.2, -0.15) is 0 Å². The number of nitrogens with two attached hydrogens (primary N) is 1. The summed E-state index contributed by atoms with van der Waals surface area (Å²) in [6.07, 6.45) is -2.82. The van der Waals surface area contributed by atoms with Crippen LogP contribution in [0.15, 0.2) is 0 Å². The molecule has 0 saturated carbocycles. The maximum absolute atomic E-state index is 10.3. The van der Waals surface area contributed by atoms with E-state index in [1.165, 1.54) is 0 Å². The van der Waals surface area contributed by atoms with Crippen LogP contribution in [0.5, 0.6) is 0 Å². The fraction of sp³-hybridized carbons (Fsp3) is 0.500.